The van der Waals surface area contributed by atoms with Crippen LogP contribution in [-0.4, -0.2) is 16.1 Å². The predicted octanol–water partition coefficient (Wildman–Crippen LogP) is 1.77. The van der Waals surface area contributed by atoms with Crippen LogP contribution in [0.2, 0.25) is 0 Å². The topological polar surface area (TPSA) is 40.1 Å². The summed E-state index contributed by atoms with van der Waals surface area (Å²) in [7, 11) is 0. The van der Waals surface area contributed by atoms with Gasteiger partial charge in [-0.05, 0) is 30.2 Å². The minimum absolute atomic E-state index is 0.0873. The van der Waals surface area contributed by atoms with Crippen LogP contribution in [0, 0.1) is 0 Å². The van der Waals surface area contributed by atoms with Gasteiger partial charge in [-0.25, -0.2) is 0 Å². The smallest absolute Gasteiger partial charge is 0.152 e. The van der Waals surface area contributed by atoms with Gasteiger partial charge in [0.15, 0.2) is 4.90 Å². The molecule has 0 N–H and O–H groups in total. The van der Waals surface area contributed by atoms with Crippen LogP contribution in [-0.2, 0) is 16.0 Å². The number of hydrogen-bond acceptors (Lipinski definition) is 2. The standard InChI is InChI=1S/C10H12O2S/c1-9(11)7-8-13(12)10-5-3-2-4-6-10/h2-6H,7-8H2,1H3. The second-order valence-corrected chi connectivity index (χ2v) is 4.39. The molecule has 0 aliphatic rings. The van der Waals surface area contributed by atoms with Crippen molar-refractivity contribution in [2.75, 3.05) is 5.75 Å². The lowest BCUT2D eigenvalue weighted by molar-refractivity contribution is -0.116. The summed E-state index contributed by atoms with van der Waals surface area (Å²) in [5, 5.41) is 0. The summed E-state index contributed by atoms with van der Waals surface area (Å²) >= 11 is -1.02. The summed E-state index contributed by atoms with van der Waals surface area (Å²) in [6, 6.07) is 9.21. The molecule has 0 aliphatic carbocycles. The fourth-order valence-corrected chi connectivity index (χ4v) is 2.10. The quantitative estimate of drug-likeness (QED) is 0.688. The molecular formula is C10H12O2S. The maximum Gasteiger partial charge on any atom is 0.152 e. The number of benzene rings is 1. The van der Waals surface area contributed by atoms with Crippen LogP contribution in [0.4, 0.5) is 0 Å². The van der Waals surface area contributed by atoms with E-state index in [1.807, 2.05) is 30.3 Å². The molecule has 13 heavy (non-hydrogen) atoms. The number of carbonyl (C=O) groups excluding carboxylic acids is 1. The van der Waals surface area contributed by atoms with E-state index in [9.17, 15) is 9.35 Å². The van der Waals surface area contributed by atoms with E-state index < -0.39 is 11.2 Å². The fourth-order valence-electron chi connectivity index (χ4n) is 0.927. The van der Waals surface area contributed by atoms with Crippen LogP contribution >= 0.6 is 0 Å². The Labute approximate surface area is 81.1 Å². The maximum atomic E-state index is 11.5. The molecule has 0 aromatic heterocycles. The van der Waals surface area contributed by atoms with Crippen LogP contribution in [0.3, 0.4) is 0 Å². The van der Waals surface area contributed by atoms with Crippen molar-refractivity contribution >= 4 is 17.0 Å². The molecule has 1 unspecified atom stereocenters. The molecular weight excluding hydrogens is 184 g/mol. The van der Waals surface area contributed by atoms with Crippen molar-refractivity contribution in [2.45, 2.75) is 18.2 Å². The third kappa shape index (κ3) is 3.61. The SMILES string of the molecule is CC(=O)CC[S+]([O-])c1ccccc1. The molecule has 0 fully saturated rings. The van der Waals surface area contributed by atoms with Gasteiger partial charge in [0.05, 0.1) is 6.42 Å². The van der Waals surface area contributed by atoms with Crippen LogP contribution in [0.15, 0.2) is 35.2 Å². The molecule has 70 valence electrons. The first-order chi connectivity index (χ1) is 6.20. The predicted molar refractivity (Wildman–Crippen MR) is 53.0 cm³/mol. The fraction of sp³-hybridized carbons (Fsp3) is 0.300. The summed E-state index contributed by atoms with van der Waals surface area (Å²) in [5.74, 6) is 0.517. The van der Waals surface area contributed by atoms with Crippen molar-refractivity contribution in [2.24, 2.45) is 0 Å². The van der Waals surface area contributed by atoms with Gasteiger partial charge >= 0.3 is 0 Å². The number of Topliss-reactive ketones (excluding diaryl/α,β-unsaturated/α-hetero) is 1. The van der Waals surface area contributed by atoms with E-state index in [4.69, 9.17) is 0 Å². The highest BCUT2D eigenvalue weighted by atomic mass is 32.2. The molecule has 0 saturated heterocycles. The Hall–Kier alpha value is -0.800. The van der Waals surface area contributed by atoms with Gasteiger partial charge in [-0.3, -0.25) is 4.79 Å². The lowest BCUT2D eigenvalue weighted by atomic mass is 10.4. The molecule has 0 saturated carbocycles. The first-order valence-corrected chi connectivity index (χ1v) is 5.45. The zero-order chi connectivity index (χ0) is 9.68. The molecule has 0 heterocycles. The average Bonchev–Trinajstić information content (AvgIpc) is 2.15. The van der Waals surface area contributed by atoms with E-state index in [1.54, 1.807) is 0 Å². The van der Waals surface area contributed by atoms with Crippen LogP contribution in [0.5, 0.6) is 0 Å². The summed E-state index contributed by atoms with van der Waals surface area (Å²) in [5.41, 5.74) is 0. The maximum absolute atomic E-state index is 11.5. The molecule has 0 bridgehead atoms. The van der Waals surface area contributed by atoms with E-state index in [-0.39, 0.29) is 5.78 Å². The van der Waals surface area contributed by atoms with Crippen LogP contribution in [0.25, 0.3) is 0 Å². The largest absolute Gasteiger partial charge is 0.611 e. The van der Waals surface area contributed by atoms with Gasteiger partial charge in [0.2, 0.25) is 0 Å². The van der Waals surface area contributed by atoms with E-state index in [0.29, 0.717) is 12.2 Å². The molecule has 1 aromatic carbocycles. The van der Waals surface area contributed by atoms with E-state index in [1.165, 1.54) is 6.92 Å². The van der Waals surface area contributed by atoms with Crippen molar-refractivity contribution < 1.29 is 9.35 Å². The molecule has 0 aliphatic heterocycles. The van der Waals surface area contributed by atoms with E-state index >= 15 is 0 Å². The summed E-state index contributed by atoms with van der Waals surface area (Å²) < 4.78 is 11.5. The van der Waals surface area contributed by atoms with Crippen LogP contribution in [0.1, 0.15) is 13.3 Å². The molecule has 0 spiro atoms. The third-order valence-electron chi connectivity index (χ3n) is 1.65. The highest BCUT2D eigenvalue weighted by Gasteiger charge is 2.10. The van der Waals surface area contributed by atoms with Gasteiger partial charge in [-0.2, -0.15) is 0 Å². The van der Waals surface area contributed by atoms with Crippen molar-refractivity contribution in [3.05, 3.63) is 30.3 Å². The number of ketones is 1. The molecule has 1 atom stereocenters. The number of rotatable bonds is 4. The second-order valence-electron chi connectivity index (χ2n) is 2.81. The lowest BCUT2D eigenvalue weighted by Gasteiger charge is -2.08. The monoisotopic (exact) mass is 196 g/mol. The molecule has 1 aromatic rings. The van der Waals surface area contributed by atoms with Gasteiger partial charge < -0.3 is 4.55 Å². The lowest BCUT2D eigenvalue weighted by Crippen LogP contribution is -2.09. The zero-order valence-electron chi connectivity index (χ0n) is 7.53. The van der Waals surface area contributed by atoms with Crippen molar-refractivity contribution in [1.29, 1.82) is 0 Å². The molecule has 0 amide bonds. The number of hydrogen-bond donors (Lipinski definition) is 0. The number of carbonyl (C=O) groups is 1. The molecule has 2 nitrogen and oxygen atoms in total. The van der Waals surface area contributed by atoms with Crippen molar-refractivity contribution in [1.82, 2.24) is 0 Å². The minimum atomic E-state index is -1.02. The first kappa shape index (κ1) is 10.3. The zero-order valence-corrected chi connectivity index (χ0v) is 8.34. The van der Waals surface area contributed by atoms with E-state index in [0.717, 1.165) is 4.90 Å². The summed E-state index contributed by atoms with van der Waals surface area (Å²) in [6.45, 7) is 1.52. The summed E-state index contributed by atoms with van der Waals surface area (Å²) in [4.78, 5) is 11.4. The minimum Gasteiger partial charge on any atom is -0.611 e. The normalized spacial score (nSPS) is 12.5. The molecule has 1 rings (SSSR count). The highest BCUT2D eigenvalue weighted by molar-refractivity contribution is 7.91. The van der Waals surface area contributed by atoms with Gasteiger partial charge in [-0.15, -0.1) is 0 Å². The Balaban J connectivity index is 2.49. The van der Waals surface area contributed by atoms with Gasteiger partial charge in [0.25, 0.3) is 0 Å². The first-order valence-electron chi connectivity index (χ1n) is 4.13. The highest BCUT2D eigenvalue weighted by Crippen LogP contribution is 2.10. The third-order valence-corrected chi connectivity index (χ3v) is 3.02. The average molecular weight is 196 g/mol. The second kappa shape index (κ2) is 5.04. The summed E-state index contributed by atoms with van der Waals surface area (Å²) in [6.07, 6.45) is 0.390. The van der Waals surface area contributed by atoms with E-state index in [2.05, 4.69) is 0 Å². The van der Waals surface area contributed by atoms with Gasteiger partial charge in [0.1, 0.15) is 11.5 Å². The Kier molecular flexibility index (Phi) is 3.99. The Morgan fingerprint density at radius 1 is 1.38 bits per heavy atom. The Bertz CT molecular complexity index is 272. The van der Waals surface area contributed by atoms with Crippen LogP contribution < -0.4 is 0 Å². The molecule has 3 heteroatoms. The molecule has 0 radical (unpaired) electrons. The van der Waals surface area contributed by atoms with Gasteiger partial charge in [-0.1, -0.05) is 18.2 Å². The van der Waals surface area contributed by atoms with Crippen molar-refractivity contribution in [3.63, 3.8) is 0 Å². The Morgan fingerprint density at radius 2 is 2.00 bits per heavy atom. The Morgan fingerprint density at radius 3 is 2.54 bits per heavy atom. The van der Waals surface area contributed by atoms with Crippen molar-refractivity contribution in [3.8, 4) is 0 Å². The van der Waals surface area contributed by atoms with Gasteiger partial charge in [0, 0.05) is 0 Å².